The van der Waals surface area contributed by atoms with E-state index in [1.807, 2.05) is 37.3 Å². The molecule has 2 N–H and O–H groups in total. The number of nitrogens with one attached hydrogen (secondary N) is 2. The summed E-state index contributed by atoms with van der Waals surface area (Å²) in [6, 6.07) is 9.68. The second-order valence-electron chi connectivity index (χ2n) is 3.53. The molecule has 5 nitrogen and oxygen atoms in total. The molecule has 0 atom stereocenters. The molecule has 0 aliphatic heterocycles. The van der Waals surface area contributed by atoms with Gasteiger partial charge in [-0.15, -0.1) is 0 Å². The highest BCUT2D eigenvalue weighted by Gasteiger charge is 1.96. The van der Waals surface area contributed by atoms with Gasteiger partial charge in [0.2, 0.25) is 0 Å². The number of aryl methyl sites for hydroxylation is 1. The maximum atomic E-state index is 11.0. The van der Waals surface area contributed by atoms with E-state index in [1.54, 1.807) is 6.21 Å². The molecule has 5 heteroatoms. The average Bonchev–Trinajstić information content (AvgIpc) is 2.35. The van der Waals surface area contributed by atoms with Crippen molar-refractivity contribution in [1.82, 2.24) is 9.97 Å². The minimum Gasteiger partial charge on any atom is -0.291 e. The van der Waals surface area contributed by atoms with Crippen LogP contribution in [0.1, 0.15) is 11.1 Å². The third kappa shape index (κ3) is 3.01. The Morgan fingerprint density at radius 3 is 2.88 bits per heavy atom. The number of hydrogen-bond donors (Lipinski definition) is 2. The Bertz CT molecular complexity index is 575. The van der Waals surface area contributed by atoms with Crippen LogP contribution in [0, 0.1) is 6.92 Å². The monoisotopic (exact) mass is 228 g/mol. The first kappa shape index (κ1) is 11.1. The van der Waals surface area contributed by atoms with Gasteiger partial charge in [-0.05, 0) is 12.5 Å². The average molecular weight is 228 g/mol. The summed E-state index contributed by atoms with van der Waals surface area (Å²) in [5.41, 5.74) is 4.19. The highest BCUT2D eigenvalue weighted by Crippen LogP contribution is 2.05. The lowest BCUT2D eigenvalue weighted by Gasteiger charge is -2.02. The Kier molecular flexibility index (Phi) is 3.30. The van der Waals surface area contributed by atoms with E-state index < -0.39 is 5.69 Å². The molecule has 0 saturated heterocycles. The summed E-state index contributed by atoms with van der Waals surface area (Å²) in [5, 5.41) is 4.04. The van der Waals surface area contributed by atoms with Gasteiger partial charge in [0.25, 0.3) is 0 Å². The summed E-state index contributed by atoms with van der Waals surface area (Å²) in [4.78, 5) is 17.2. The second kappa shape index (κ2) is 5.07. The summed E-state index contributed by atoms with van der Waals surface area (Å²) >= 11 is 0. The van der Waals surface area contributed by atoms with Gasteiger partial charge in [0.15, 0.2) is 0 Å². The maximum absolute atomic E-state index is 11.0. The molecular weight excluding hydrogens is 216 g/mol. The number of rotatable bonds is 3. The fraction of sp³-hybridized carbons (Fsp3) is 0.0833. The van der Waals surface area contributed by atoms with Crippen LogP contribution in [0.15, 0.2) is 46.4 Å². The van der Waals surface area contributed by atoms with Crippen LogP contribution in [-0.4, -0.2) is 16.2 Å². The number of benzene rings is 1. The van der Waals surface area contributed by atoms with Gasteiger partial charge in [0.1, 0.15) is 5.82 Å². The molecule has 2 aromatic rings. The van der Waals surface area contributed by atoms with E-state index in [1.165, 1.54) is 6.20 Å². The molecule has 0 bridgehead atoms. The Morgan fingerprint density at radius 1 is 1.35 bits per heavy atom. The van der Waals surface area contributed by atoms with Crippen LogP contribution in [0.2, 0.25) is 0 Å². The summed E-state index contributed by atoms with van der Waals surface area (Å²) in [6.45, 7) is 1.84. The van der Waals surface area contributed by atoms with E-state index in [4.69, 9.17) is 0 Å². The Labute approximate surface area is 98.2 Å². The second-order valence-corrected chi connectivity index (χ2v) is 3.53. The van der Waals surface area contributed by atoms with E-state index in [2.05, 4.69) is 20.5 Å². The third-order valence-electron chi connectivity index (χ3n) is 2.19. The van der Waals surface area contributed by atoms with Gasteiger partial charge in [-0.3, -0.25) is 10.4 Å². The summed E-state index contributed by atoms with van der Waals surface area (Å²) in [5.74, 6) is 0.553. The number of nitrogens with zero attached hydrogens (tertiary/aromatic N) is 2. The Morgan fingerprint density at radius 2 is 2.12 bits per heavy atom. The van der Waals surface area contributed by atoms with Crippen molar-refractivity contribution in [3.63, 3.8) is 0 Å². The molecule has 0 aliphatic carbocycles. The molecule has 0 unspecified atom stereocenters. The van der Waals surface area contributed by atoms with Crippen molar-refractivity contribution in [3.05, 3.63) is 58.1 Å². The first-order valence-electron chi connectivity index (χ1n) is 5.16. The van der Waals surface area contributed by atoms with E-state index in [0.29, 0.717) is 5.82 Å². The van der Waals surface area contributed by atoms with Gasteiger partial charge >= 0.3 is 5.69 Å². The number of H-pyrrole nitrogens is 1. The molecule has 86 valence electrons. The van der Waals surface area contributed by atoms with Crippen LogP contribution in [0.4, 0.5) is 5.82 Å². The summed E-state index contributed by atoms with van der Waals surface area (Å²) in [7, 11) is 0. The number of anilines is 1. The predicted octanol–water partition coefficient (Wildman–Crippen LogP) is 1.52. The third-order valence-corrected chi connectivity index (χ3v) is 2.19. The van der Waals surface area contributed by atoms with Crippen LogP contribution in [0.3, 0.4) is 0 Å². The molecular formula is C12H12N4O. The van der Waals surface area contributed by atoms with Crippen LogP contribution in [0.25, 0.3) is 0 Å². The number of aromatic nitrogens is 2. The molecule has 0 fully saturated rings. The minimum atomic E-state index is -0.395. The highest BCUT2D eigenvalue weighted by atomic mass is 16.1. The summed E-state index contributed by atoms with van der Waals surface area (Å²) < 4.78 is 0. The quantitative estimate of drug-likeness (QED) is 0.618. The van der Waals surface area contributed by atoms with E-state index in [0.717, 1.165) is 11.1 Å². The van der Waals surface area contributed by atoms with Crippen molar-refractivity contribution in [2.75, 3.05) is 5.43 Å². The van der Waals surface area contributed by atoms with Crippen molar-refractivity contribution in [3.8, 4) is 0 Å². The lowest BCUT2D eigenvalue weighted by atomic mass is 10.2. The predicted molar refractivity (Wildman–Crippen MR) is 67.3 cm³/mol. The Balaban J connectivity index is 2.10. The topological polar surface area (TPSA) is 70.1 Å². The lowest BCUT2D eigenvalue weighted by Crippen LogP contribution is -2.12. The zero-order valence-electron chi connectivity index (χ0n) is 9.34. The van der Waals surface area contributed by atoms with Gasteiger partial charge in [-0.25, -0.2) is 9.78 Å². The van der Waals surface area contributed by atoms with Gasteiger partial charge < -0.3 is 0 Å². The molecule has 2 rings (SSSR count). The van der Waals surface area contributed by atoms with Gasteiger partial charge in [0, 0.05) is 11.8 Å². The first-order valence-corrected chi connectivity index (χ1v) is 5.16. The lowest BCUT2D eigenvalue weighted by molar-refractivity contribution is 1.04. The molecule has 0 amide bonds. The van der Waals surface area contributed by atoms with Gasteiger partial charge in [-0.1, -0.05) is 30.3 Å². The van der Waals surface area contributed by atoms with Crippen LogP contribution >= 0.6 is 0 Å². The Hall–Kier alpha value is -2.43. The van der Waals surface area contributed by atoms with Gasteiger partial charge in [-0.2, -0.15) is 5.10 Å². The minimum absolute atomic E-state index is 0.395. The summed E-state index contributed by atoms with van der Waals surface area (Å²) in [6.07, 6.45) is 3.18. The fourth-order valence-electron chi connectivity index (χ4n) is 1.28. The van der Waals surface area contributed by atoms with E-state index >= 15 is 0 Å². The molecule has 1 aromatic carbocycles. The number of aromatic amines is 1. The molecule has 0 aliphatic rings. The molecule has 0 saturated carbocycles. The fourth-order valence-corrected chi connectivity index (χ4v) is 1.28. The molecule has 0 spiro atoms. The molecule has 1 heterocycles. The van der Waals surface area contributed by atoms with Crippen molar-refractivity contribution >= 4 is 12.0 Å². The maximum Gasteiger partial charge on any atom is 0.346 e. The van der Waals surface area contributed by atoms with Crippen LogP contribution in [0.5, 0.6) is 0 Å². The normalized spacial score (nSPS) is 10.6. The number of hydrogen-bond acceptors (Lipinski definition) is 4. The van der Waals surface area contributed by atoms with Crippen LogP contribution in [-0.2, 0) is 0 Å². The van der Waals surface area contributed by atoms with Gasteiger partial charge in [0.05, 0.1) is 6.21 Å². The standard InChI is InChI=1S/C12H12N4O/c1-9-7-13-12(17)15-11(9)16-14-8-10-5-3-2-4-6-10/h2-8H,1H3,(H2,13,15,16,17)/b14-8+. The molecule has 17 heavy (non-hydrogen) atoms. The molecule has 0 radical (unpaired) electrons. The zero-order chi connectivity index (χ0) is 12.1. The highest BCUT2D eigenvalue weighted by molar-refractivity contribution is 5.79. The molecule has 1 aromatic heterocycles. The SMILES string of the molecule is Cc1cnc(=O)[nH]c1N/N=C/c1ccccc1. The van der Waals surface area contributed by atoms with E-state index in [9.17, 15) is 4.79 Å². The number of hydrazone groups is 1. The van der Waals surface area contributed by atoms with Crippen molar-refractivity contribution < 1.29 is 0 Å². The van der Waals surface area contributed by atoms with E-state index in [-0.39, 0.29) is 0 Å². The first-order chi connectivity index (χ1) is 8.25. The van der Waals surface area contributed by atoms with Crippen molar-refractivity contribution in [2.45, 2.75) is 6.92 Å². The van der Waals surface area contributed by atoms with Crippen LogP contribution < -0.4 is 11.1 Å². The van der Waals surface area contributed by atoms with Crippen molar-refractivity contribution in [2.24, 2.45) is 5.10 Å². The smallest absolute Gasteiger partial charge is 0.291 e. The zero-order valence-corrected chi connectivity index (χ0v) is 9.34. The van der Waals surface area contributed by atoms with Crippen molar-refractivity contribution in [1.29, 1.82) is 0 Å². The largest absolute Gasteiger partial charge is 0.346 e.